The average Bonchev–Trinajstić information content (AvgIpc) is 3.30. The molecular weight excluding hydrogens is 374 g/mol. The number of aromatic nitrogens is 1. The van der Waals surface area contributed by atoms with Crippen LogP contribution in [0, 0.1) is 19.8 Å². The van der Waals surface area contributed by atoms with Gasteiger partial charge in [-0.2, -0.15) is 0 Å². The first-order chi connectivity index (χ1) is 13.3. The fourth-order valence-electron chi connectivity index (χ4n) is 3.69. The van der Waals surface area contributed by atoms with Crippen LogP contribution in [-0.4, -0.2) is 39.8 Å². The highest BCUT2D eigenvalue weighted by Crippen LogP contribution is 2.20. The standard InChI is InChI=1S/C21H27N3O3S/c1-13(2)10-18-20(26)24(21(27)22-18)12-19(25)17-11-14(3)23(15(17)4)8-7-16-6-5-9-28-16/h5-6,9,11,13,18H,7-8,10,12H2,1-4H3,(H,22,27). The lowest BCUT2D eigenvalue weighted by atomic mass is 10.0. The molecule has 2 aromatic heterocycles. The lowest BCUT2D eigenvalue weighted by Gasteiger charge is -2.13. The summed E-state index contributed by atoms with van der Waals surface area (Å²) in [5, 5.41) is 4.75. The second kappa shape index (κ2) is 8.31. The summed E-state index contributed by atoms with van der Waals surface area (Å²) in [5.74, 6) is -0.227. The Kier molecular flexibility index (Phi) is 6.03. The average molecular weight is 402 g/mol. The number of aryl methyl sites for hydroxylation is 2. The fraction of sp³-hybridized carbons (Fsp3) is 0.476. The van der Waals surface area contributed by atoms with E-state index in [0.717, 1.165) is 29.3 Å². The highest BCUT2D eigenvalue weighted by Gasteiger charge is 2.39. The quantitative estimate of drug-likeness (QED) is 0.543. The van der Waals surface area contributed by atoms with Gasteiger partial charge in [0.2, 0.25) is 0 Å². The zero-order chi connectivity index (χ0) is 20.4. The summed E-state index contributed by atoms with van der Waals surface area (Å²) in [5.41, 5.74) is 2.47. The van der Waals surface area contributed by atoms with Gasteiger partial charge in [-0.05, 0) is 50.1 Å². The van der Waals surface area contributed by atoms with Gasteiger partial charge in [-0.3, -0.25) is 14.5 Å². The van der Waals surface area contributed by atoms with Gasteiger partial charge in [0, 0.05) is 28.4 Å². The Bertz CT molecular complexity index is 883. The van der Waals surface area contributed by atoms with Crippen LogP contribution in [-0.2, 0) is 17.8 Å². The van der Waals surface area contributed by atoms with E-state index in [1.807, 2.05) is 39.8 Å². The fourth-order valence-corrected chi connectivity index (χ4v) is 4.39. The number of hydrogen-bond donors (Lipinski definition) is 1. The van der Waals surface area contributed by atoms with Crippen LogP contribution in [0.1, 0.15) is 46.9 Å². The monoisotopic (exact) mass is 401 g/mol. The molecule has 1 saturated heterocycles. The molecule has 0 aromatic carbocycles. The van der Waals surface area contributed by atoms with Crippen LogP contribution in [0.15, 0.2) is 23.6 Å². The number of amides is 3. The van der Waals surface area contributed by atoms with Crippen LogP contribution in [0.5, 0.6) is 0 Å². The van der Waals surface area contributed by atoms with Gasteiger partial charge in [0.1, 0.15) is 6.04 Å². The Morgan fingerprint density at radius 3 is 2.68 bits per heavy atom. The molecule has 1 N–H and O–H groups in total. The molecule has 1 aliphatic rings. The molecule has 1 aliphatic heterocycles. The molecule has 0 radical (unpaired) electrons. The number of Topliss-reactive ketones (excluding diaryl/α,β-unsaturated/α-hetero) is 1. The maximum absolute atomic E-state index is 12.9. The summed E-state index contributed by atoms with van der Waals surface area (Å²) >= 11 is 1.72. The van der Waals surface area contributed by atoms with Crippen LogP contribution in [0.25, 0.3) is 0 Å². The van der Waals surface area contributed by atoms with Crippen molar-refractivity contribution in [2.45, 2.75) is 53.1 Å². The normalized spacial score (nSPS) is 16.9. The van der Waals surface area contributed by atoms with E-state index in [0.29, 0.717) is 12.0 Å². The first-order valence-electron chi connectivity index (χ1n) is 9.62. The van der Waals surface area contributed by atoms with Crippen LogP contribution in [0.2, 0.25) is 0 Å². The second-order valence-corrected chi connectivity index (χ2v) is 8.78. The molecule has 150 valence electrons. The summed E-state index contributed by atoms with van der Waals surface area (Å²) in [7, 11) is 0. The van der Waals surface area contributed by atoms with Gasteiger partial charge in [-0.15, -0.1) is 11.3 Å². The molecule has 0 saturated carbocycles. The summed E-state index contributed by atoms with van der Waals surface area (Å²) in [6.45, 7) is 8.48. The second-order valence-electron chi connectivity index (χ2n) is 7.74. The van der Waals surface area contributed by atoms with Crippen molar-refractivity contribution in [1.82, 2.24) is 14.8 Å². The smallest absolute Gasteiger partial charge is 0.325 e. The molecule has 2 aromatic rings. The molecule has 3 rings (SSSR count). The number of nitrogens with one attached hydrogen (secondary N) is 1. The predicted molar refractivity (Wildman–Crippen MR) is 110 cm³/mol. The molecule has 6 nitrogen and oxygen atoms in total. The Morgan fingerprint density at radius 1 is 1.29 bits per heavy atom. The van der Waals surface area contributed by atoms with Gasteiger partial charge in [-0.25, -0.2) is 4.79 Å². The third-order valence-electron chi connectivity index (χ3n) is 5.15. The molecule has 1 unspecified atom stereocenters. The summed E-state index contributed by atoms with van der Waals surface area (Å²) in [4.78, 5) is 39.9. The summed E-state index contributed by atoms with van der Waals surface area (Å²) < 4.78 is 2.13. The van der Waals surface area contributed by atoms with E-state index in [4.69, 9.17) is 0 Å². The Labute approximate surface area is 169 Å². The molecule has 0 bridgehead atoms. The zero-order valence-corrected chi connectivity index (χ0v) is 17.6. The number of hydrogen-bond acceptors (Lipinski definition) is 4. The number of thiophene rings is 1. The third-order valence-corrected chi connectivity index (χ3v) is 6.09. The lowest BCUT2D eigenvalue weighted by molar-refractivity contribution is -0.127. The van der Waals surface area contributed by atoms with Crippen molar-refractivity contribution < 1.29 is 14.4 Å². The first kappa shape index (κ1) is 20.3. The Balaban J connectivity index is 1.70. The van der Waals surface area contributed by atoms with Crippen molar-refractivity contribution in [3.63, 3.8) is 0 Å². The highest BCUT2D eigenvalue weighted by atomic mass is 32.1. The van der Waals surface area contributed by atoms with Gasteiger partial charge in [0.25, 0.3) is 5.91 Å². The van der Waals surface area contributed by atoms with E-state index in [2.05, 4.69) is 21.3 Å². The number of imide groups is 1. The molecular formula is C21H27N3O3S. The van der Waals surface area contributed by atoms with Crippen molar-refractivity contribution >= 4 is 29.1 Å². The van der Waals surface area contributed by atoms with Crippen molar-refractivity contribution in [3.8, 4) is 0 Å². The first-order valence-corrected chi connectivity index (χ1v) is 10.5. The summed E-state index contributed by atoms with van der Waals surface area (Å²) in [6.07, 6.45) is 1.48. The molecule has 28 heavy (non-hydrogen) atoms. The number of carbonyl (C=O) groups is 3. The maximum atomic E-state index is 12.9. The molecule has 1 fully saturated rings. The van der Waals surface area contributed by atoms with Crippen LogP contribution in [0.4, 0.5) is 4.79 Å². The largest absolute Gasteiger partial charge is 0.348 e. The van der Waals surface area contributed by atoms with Crippen LogP contribution < -0.4 is 5.32 Å². The minimum absolute atomic E-state index is 0.204. The zero-order valence-electron chi connectivity index (χ0n) is 16.8. The van der Waals surface area contributed by atoms with Gasteiger partial charge >= 0.3 is 6.03 Å². The summed E-state index contributed by atoms with van der Waals surface area (Å²) in [6, 6.07) is 5.00. The van der Waals surface area contributed by atoms with E-state index in [1.54, 1.807) is 11.3 Å². The van der Waals surface area contributed by atoms with E-state index in [1.165, 1.54) is 4.88 Å². The van der Waals surface area contributed by atoms with Crippen LogP contribution >= 0.6 is 11.3 Å². The number of carbonyl (C=O) groups excluding carboxylic acids is 3. The van der Waals surface area contributed by atoms with E-state index in [9.17, 15) is 14.4 Å². The lowest BCUT2D eigenvalue weighted by Crippen LogP contribution is -2.36. The number of rotatable bonds is 8. The van der Waals surface area contributed by atoms with Crippen molar-refractivity contribution in [2.75, 3.05) is 6.54 Å². The highest BCUT2D eigenvalue weighted by molar-refractivity contribution is 7.09. The predicted octanol–water partition coefficient (Wildman–Crippen LogP) is 3.56. The number of urea groups is 1. The number of nitrogens with zero attached hydrogens (tertiary/aromatic N) is 2. The SMILES string of the molecule is Cc1cc(C(=O)CN2C(=O)NC(CC(C)C)C2=O)c(C)n1CCc1cccs1. The molecule has 7 heteroatoms. The van der Waals surface area contributed by atoms with Crippen LogP contribution in [0.3, 0.4) is 0 Å². The van der Waals surface area contributed by atoms with Gasteiger partial charge in [0.05, 0.1) is 6.54 Å². The minimum atomic E-state index is -0.529. The van der Waals surface area contributed by atoms with Gasteiger partial charge in [-0.1, -0.05) is 19.9 Å². The molecule has 0 spiro atoms. The van der Waals surface area contributed by atoms with E-state index >= 15 is 0 Å². The van der Waals surface area contributed by atoms with E-state index in [-0.39, 0.29) is 24.2 Å². The maximum Gasteiger partial charge on any atom is 0.325 e. The minimum Gasteiger partial charge on any atom is -0.348 e. The van der Waals surface area contributed by atoms with E-state index < -0.39 is 12.1 Å². The Morgan fingerprint density at radius 2 is 2.04 bits per heavy atom. The topological polar surface area (TPSA) is 71.4 Å². The molecule has 0 aliphatic carbocycles. The van der Waals surface area contributed by atoms with Crippen molar-refractivity contribution in [2.24, 2.45) is 5.92 Å². The molecule has 3 heterocycles. The van der Waals surface area contributed by atoms with Gasteiger partial charge < -0.3 is 9.88 Å². The van der Waals surface area contributed by atoms with Crippen molar-refractivity contribution in [3.05, 3.63) is 45.4 Å². The molecule has 1 atom stereocenters. The Hall–Kier alpha value is -2.41. The third kappa shape index (κ3) is 4.19. The number of ketones is 1. The van der Waals surface area contributed by atoms with Gasteiger partial charge in [0.15, 0.2) is 5.78 Å². The van der Waals surface area contributed by atoms with Crippen molar-refractivity contribution in [1.29, 1.82) is 0 Å². The molecule has 3 amide bonds.